The number of methoxy groups -OCH3 is 1. The molecule has 4 aromatic carbocycles. The minimum atomic E-state index is -0.992. The summed E-state index contributed by atoms with van der Waals surface area (Å²) in [5, 5.41) is 10.5. The molecule has 0 aliphatic heterocycles. The summed E-state index contributed by atoms with van der Waals surface area (Å²) in [7, 11) is 1.63. The van der Waals surface area contributed by atoms with E-state index in [-0.39, 0.29) is 5.56 Å². The van der Waals surface area contributed by atoms with Crippen LogP contribution in [-0.2, 0) is 6.54 Å². The number of imidazole rings is 1. The van der Waals surface area contributed by atoms with E-state index in [0.29, 0.717) is 33.9 Å². The molecule has 0 fully saturated rings. The summed E-state index contributed by atoms with van der Waals surface area (Å²) >= 11 is 12.5. The summed E-state index contributed by atoms with van der Waals surface area (Å²) in [5.41, 5.74) is 4.46. The Bertz CT molecular complexity index is 1730. The molecule has 0 spiro atoms. The van der Waals surface area contributed by atoms with Crippen molar-refractivity contribution in [3.8, 4) is 33.9 Å². The number of halogens is 2. The van der Waals surface area contributed by atoms with E-state index in [1.807, 2.05) is 84.4 Å². The van der Waals surface area contributed by atoms with Crippen molar-refractivity contribution in [3.63, 3.8) is 0 Å². The van der Waals surface area contributed by atoms with E-state index in [4.69, 9.17) is 37.7 Å². The first-order valence-corrected chi connectivity index (χ1v) is 14.1. The Morgan fingerprint density at radius 2 is 1.71 bits per heavy atom. The van der Waals surface area contributed by atoms with Crippen LogP contribution in [0.15, 0.2) is 103 Å². The van der Waals surface area contributed by atoms with Crippen LogP contribution < -0.4 is 9.47 Å². The Balaban J connectivity index is 1.50. The topological polar surface area (TPSA) is 73.6 Å². The van der Waals surface area contributed by atoms with Crippen LogP contribution in [0.3, 0.4) is 0 Å². The summed E-state index contributed by atoms with van der Waals surface area (Å²) in [6, 6.07) is 27.6. The second kappa shape index (κ2) is 13.0. The predicted octanol–water partition coefficient (Wildman–Crippen LogP) is 9.08. The number of benzene rings is 4. The van der Waals surface area contributed by atoms with Crippen LogP contribution in [0.25, 0.3) is 28.5 Å². The number of ether oxygens (including phenoxy) is 2. The van der Waals surface area contributed by atoms with Crippen LogP contribution in [0.1, 0.15) is 34.8 Å². The molecule has 0 amide bonds. The molecule has 1 unspecified atom stereocenters. The van der Waals surface area contributed by atoms with E-state index in [0.717, 1.165) is 27.9 Å². The number of aromatic nitrogens is 2. The minimum Gasteiger partial charge on any atom is -0.496 e. The van der Waals surface area contributed by atoms with E-state index in [9.17, 15) is 9.90 Å². The number of carboxylic acid groups (broad SMARTS) is 1. The van der Waals surface area contributed by atoms with Gasteiger partial charge in [0.05, 0.1) is 23.4 Å². The van der Waals surface area contributed by atoms with E-state index >= 15 is 0 Å². The molecule has 1 N–H and O–H groups in total. The average Bonchev–Trinajstić information content (AvgIpc) is 3.42. The number of hydrogen-bond acceptors (Lipinski definition) is 4. The number of aryl methyl sites for hydroxylation is 1. The van der Waals surface area contributed by atoms with Gasteiger partial charge < -0.3 is 19.1 Å². The monoisotopic (exact) mass is 598 g/mol. The van der Waals surface area contributed by atoms with Gasteiger partial charge in [0.1, 0.15) is 23.4 Å². The largest absolute Gasteiger partial charge is 0.496 e. The van der Waals surface area contributed by atoms with Crippen molar-refractivity contribution in [2.75, 3.05) is 7.11 Å². The van der Waals surface area contributed by atoms with Crippen molar-refractivity contribution >= 4 is 35.2 Å². The van der Waals surface area contributed by atoms with Gasteiger partial charge in [0.2, 0.25) is 0 Å². The molecule has 42 heavy (non-hydrogen) atoms. The number of carboxylic acids is 1. The SMILES string of the molecule is CCn1cc(-c2ccc(Cl)cc2Cl)nc1/C=C/C(Oc1ccc(-c2ccccc2)c(OC)c1)c1ccc(C(=O)O)cc1. The lowest BCUT2D eigenvalue weighted by Crippen LogP contribution is -2.06. The Morgan fingerprint density at radius 1 is 0.976 bits per heavy atom. The molecular weight excluding hydrogens is 571 g/mol. The average molecular weight is 600 g/mol. The fourth-order valence-corrected chi connectivity index (χ4v) is 5.10. The molecule has 212 valence electrons. The maximum atomic E-state index is 11.4. The maximum Gasteiger partial charge on any atom is 0.335 e. The van der Waals surface area contributed by atoms with Gasteiger partial charge in [0, 0.05) is 35.0 Å². The molecule has 0 radical (unpaired) electrons. The second-order valence-corrected chi connectivity index (χ2v) is 10.3. The Morgan fingerprint density at radius 3 is 2.38 bits per heavy atom. The van der Waals surface area contributed by atoms with Gasteiger partial charge in [-0.25, -0.2) is 9.78 Å². The van der Waals surface area contributed by atoms with Crippen LogP contribution >= 0.6 is 23.2 Å². The van der Waals surface area contributed by atoms with E-state index < -0.39 is 12.1 Å². The van der Waals surface area contributed by atoms with Crippen LogP contribution in [0.2, 0.25) is 10.0 Å². The van der Waals surface area contributed by atoms with E-state index in [1.54, 1.807) is 43.5 Å². The fourth-order valence-electron chi connectivity index (χ4n) is 4.60. The predicted molar refractivity (Wildman–Crippen MR) is 168 cm³/mol. The number of rotatable bonds is 10. The number of aromatic carboxylic acids is 1. The van der Waals surface area contributed by atoms with Gasteiger partial charge in [0.15, 0.2) is 0 Å². The standard InChI is InChI=1S/C34H28Cl2N2O4/c1-3-38-21-30(28-15-13-25(35)19-29(28)36)37-33(38)18-17-31(23-9-11-24(12-10-23)34(39)40)42-26-14-16-27(32(20-26)41-2)22-7-5-4-6-8-22/h4-21,31H,3H2,1-2H3,(H,39,40)/b18-17+. The first-order valence-electron chi connectivity index (χ1n) is 13.3. The molecule has 0 aliphatic rings. The number of nitrogens with zero attached hydrogens (tertiary/aromatic N) is 2. The van der Waals surface area contributed by atoms with Crippen molar-refractivity contribution in [1.29, 1.82) is 0 Å². The zero-order chi connectivity index (χ0) is 29.6. The highest BCUT2D eigenvalue weighted by molar-refractivity contribution is 6.36. The second-order valence-electron chi connectivity index (χ2n) is 9.45. The Kier molecular flexibility index (Phi) is 8.96. The Hall–Kier alpha value is -4.52. The summed E-state index contributed by atoms with van der Waals surface area (Å²) in [5.74, 6) is 0.991. The van der Waals surface area contributed by atoms with Crippen molar-refractivity contribution in [2.24, 2.45) is 0 Å². The fraction of sp³-hybridized carbons (Fsp3) is 0.118. The van der Waals surface area contributed by atoms with Gasteiger partial charge in [-0.1, -0.05) is 65.7 Å². The molecule has 8 heteroatoms. The lowest BCUT2D eigenvalue weighted by molar-refractivity contribution is 0.0696. The van der Waals surface area contributed by atoms with Crippen LogP contribution in [-0.4, -0.2) is 27.7 Å². The lowest BCUT2D eigenvalue weighted by Gasteiger charge is -2.18. The molecule has 1 atom stereocenters. The molecule has 0 saturated heterocycles. The summed E-state index contributed by atoms with van der Waals surface area (Å²) in [4.78, 5) is 16.3. The zero-order valence-electron chi connectivity index (χ0n) is 23.0. The van der Waals surface area contributed by atoms with Crippen molar-refractivity contribution < 1.29 is 19.4 Å². The lowest BCUT2D eigenvalue weighted by atomic mass is 10.0. The first-order chi connectivity index (χ1) is 20.4. The smallest absolute Gasteiger partial charge is 0.335 e. The highest BCUT2D eigenvalue weighted by Crippen LogP contribution is 2.35. The summed E-state index contributed by atoms with van der Waals surface area (Å²) in [6.45, 7) is 2.72. The first kappa shape index (κ1) is 29.0. The summed E-state index contributed by atoms with van der Waals surface area (Å²) < 4.78 is 14.2. The summed E-state index contributed by atoms with van der Waals surface area (Å²) in [6.07, 6.45) is 5.18. The molecule has 5 aromatic rings. The zero-order valence-corrected chi connectivity index (χ0v) is 24.5. The number of carbonyl (C=O) groups is 1. The highest BCUT2D eigenvalue weighted by Gasteiger charge is 2.16. The Labute approximate surface area is 254 Å². The van der Waals surface area contributed by atoms with E-state index in [1.165, 1.54) is 0 Å². The van der Waals surface area contributed by atoms with Gasteiger partial charge in [0.25, 0.3) is 0 Å². The molecule has 1 heterocycles. The molecule has 5 rings (SSSR count). The molecule has 0 saturated carbocycles. The molecular formula is C34H28Cl2N2O4. The van der Waals surface area contributed by atoms with Crippen LogP contribution in [0.5, 0.6) is 11.5 Å². The van der Waals surface area contributed by atoms with Crippen molar-refractivity contribution in [1.82, 2.24) is 9.55 Å². The van der Waals surface area contributed by atoms with Crippen LogP contribution in [0.4, 0.5) is 0 Å². The van der Waals surface area contributed by atoms with Gasteiger partial charge in [-0.2, -0.15) is 0 Å². The van der Waals surface area contributed by atoms with Gasteiger partial charge in [-0.3, -0.25) is 0 Å². The van der Waals surface area contributed by atoms with Crippen LogP contribution in [0, 0.1) is 0 Å². The minimum absolute atomic E-state index is 0.196. The molecule has 0 bridgehead atoms. The molecule has 6 nitrogen and oxygen atoms in total. The normalized spacial score (nSPS) is 11.9. The third-order valence-electron chi connectivity index (χ3n) is 6.78. The third kappa shape index (κ3) is 6.51. The molecule has 0 aliphatic carbocycles. The third-order valence-corrected chi connectivity index (χ3v) is 7.33. The van der Waals surface area contributed by atoms with Gasteiger partial charge in [-0.15, -0.1) is 0 Å². The molecule has 1 aromatic heterocycles. The van der Waals surface area contributed by atoms with Crippen molar-refractivity contribution in [2.45, 2.75) is 19.6 Å². The highest BCUT2D eigenvalue weighted by atomic mass is 35.5. The van der Waals surface area contributed by atoms with Gasteiger partial charge in [-0.05, 0) is 72.7 Å². The quantitative estimate of drug-likeness (QED) is 0.173. The number of hydrogen-bond donors (Lipinski definition) is 1. The van der Waals surface area contributed by atoms with E-state index in [2.05, 4.69) is 0 Å². The van der Waals surface area contributed by atoms with Crippen molar-refractivity contribution in [3.05, 3.63) is 130 Å². The van der Waals surface area contributed by atoms with Gasteiger partial charge >= 0.3 is 5.97 Å². The maximum absolute atomic E-state index is 11.4.